The first-order valence-electron chi connectivity index (χ1n) is 5.79. The first-order chi connectivity index (χ1) is 7.59. The molecule has 0 saturated heterocycles. The van der Waals surface area contributed by atoms with Gasteiger partial charge in [-0.3, -0.25) is 0 Å². The molecule has 2 aromatic rings. The maximum Gasteiger partial charge on any atom is 0.134 e. The Balaban J connectivity index is 2.16. The van der Waals surface area contributed by atoms with Crippen molar-refractivity contribution in [2.45, 2.75) is 38.7 Å². The fourth-order valence-corrected chi connectivity index (χ4v) is 2.33. The zero-order chi connectivity index (χ0) is 11.3. The van der Waals surface area contributed by atoms with Gasteiger partial charge in [0, 0.05) is 11.8 Å². The van der Waals surface area contributed by atoms with Gasteiger partial charge in [-0.1, -0.05) is 12.1 Å². The molecule has 0 unspecified atom stereocenters. The molecule has 1 aromatic heterocycles. The molecular weight excluding hydrogens is 200 g/mol. The van der Waals surface area contributed by atoms with Crippen molar-refractivity contribution in [2.75, 3.05) is 0 Å². The molecule has 1 aliphatic carbocycles. The molecular formula is C14H16O2. The lowest BCUT2D eigenvalue weighted by molar-refractivity contribution is 0.151. The van der Waals surface area contributed by atoms with E-state index < -0.39 is 5.60 Å². The molecule has 0 radical (unpaired) electrons. The zero-order valence-electron chi connectivity index (χ0n) is 9.71. The second kappa shape index (κ2) is 3.11. The van der Waals surface area contributed by atoms with E-state index in [1.54, 1.807) is 0 Å². The van der Waals surface area contributed by atoms with Crippen molar-refractivity contribution in [2.24, 2.45) is 0 Å². The van der Waals surface area contributed by atoms with Crippen LogP contribution in [0, 0.1) is 13.8 Å². The van der Waals surface area contributed by atoms with E-state index in [2.05, 4.69) is 13.0 Å². The van der Waals surface area contributed by atoms with E-state index in [1.165, 1.54) is 16.5 Å². The van der Waals surface area contributed by atoms with E-state index in [4.69, 9.17) is 4.42 Å². The summed E-state index contributed by atoms with van der Waals surface area (Å²) in [6.45, 7) is 4.08. The largest absolute Gasteiger partial charge is 0.461 e. The first-order valence-corrected chi connectivity index (χ1v) is 5.79. The average Bonchev–Trinajstić information content (AvgIpc) is 2.87. The van der Waals surface area contributed by atoms with E-state index in [0.717, 1.165) is 30.6 Å². The highest BCUT2D eigenvalue weighted by Gasteiger charge is 2.40. The van der Waals surface area contributed by atoms with Crippen molar-refractivity contribution in [3.63, 3.8) is 0 Å². The van der Waals surface area contributed by atoms with Crippen LogP contribution < -0.4 is 0 Å². The smallest absolute Gasteiger partial charge is 0.134 e. The number of hydrogen-bond donors (Lipinski definition) is 1. The number of aryl methyl sites for hydroxylation is 2. The molecule has 0 aliphatic heterocycles. The van der Waals surface area contributed by atoms with Crippen LogP contribution in [-0.4, -0.2) is 10.7 Å². The molecule has 2 heteroatoms. The monoisotopic (exact) mass is 216 g/mol. The Hall–Kier alpha value is -1.28. The van der Waals surface area contributed by atoms with Crippen molar-refractivity contribution in [3.8, 4) is 0 Å². The van der Waals surface area contributed by atoms with Crippen LogP contribution >= 0.6 is 0 Å². The van der Waals surface area contributed by atoms with E-state index in [9.17, 15) is 5.11 Å². The van der Waals surface area contributed by atoms with Gasteiger partial charge in [0.25, 0.3) is 0 Å². The second-order valence-corrected chi connectivity index (χ2v) is 4.97. The predicted molar refractivity (Wildman–Crippen MR) is 63.6 cm³/mol. The predicted octanol–water partition coefficient (Wildman–Crippen LogP) is 3.12. The third-order valence-electron chi connectivity index (χ3n) is 3.63. The summed E-state index contributed by atoms with van der Waals surface area (Å²) in [5.74, 6) is 0.977. The molecule has 0 spiro atoms. The minimum absolute atomic E-state index is 0.439. The summed E-state index contributed by atoms with van der Waals surface area (Å²) in [5.41, 5.74) is 2.92. The fraction of sp³-hybridized carbons (Fsp3) is 0.429. The zero-order valence-corrected chi connectivity index (χ0v) is 9.71. The van der Waals surface area contributed by atoms with Gasteiger partial charge in [0.15, 0.2) is 0 Å². The van der Waals surface area contributed by atoms with Crippen LogP contribution in [-0.2, 0) is 6.42 Å². The van der Waals surface area contributed by atoms with Crippen molar-refractivity contribution >= 4 is 11.0 Å². The number of benzene rings is 1. The standard InChI is InChI=1S/C14H16O2/c1-9-10(2)16-12-5-3-4-11(13(9)12)8-14(15)6-7-14/h3-5,15H,6-8H2,1-2H3. The normalized spacial score (nSPS) is 17.9. The minimum Gasteiger partial charge on any atom is -0.461 e. The van der Waals surface area contributed by atoms with Crippen molar-refractivity contribution in [1.29, 1.82) is 0 Å². The molecule has 1 heterocycles. The van der Waals surface area contributed by atoms with E-state index in [-0.39, 0.29) is 0 Å². The molecule has 16 heavy (non-hydrogen) atoms. The lowest BCUT2D eigenvalue weighted by Gasteiger charge is -2.08. The highest BCUT2D eigenvalue weighted by atomic mass is 16.3. The van der Waals surface area contributed by atoms with Gasteiger partial charge < -0.3 is 9.52 Å². The second-order valence-electron chi connectivity index (χ2n) is 4.97. The molecule has 0 amide bonds. The van der Waals surface area contributed by atoms with Gasteiger partial charge in [-0.25, -0.2) is 0 Å². The number of aliphatic hydroxyl groups is 1. The number of rotatable bonds is 2. The summed E-state index contributed by atoms with van der Waals surface area (Å²) in [5, 5.41) is 11.2. The summed E-state index contributed by atoms with van der Waals surface area (Å²) >= 11 is 0. The molecule has 1 fully saturated rings. The van der Waals surface area contributed by atoms with Gasteiger partial charge in [-0.05, 0) is 43.9 Å². The summed E-state index contributed by atoms with van der Waals surface area (Å²) in [6.07, 6.45) is 2.61. The van der Waals surface area contributed by atoms with Crippen molar-refractivity contribution in [3.05, 3.63) is 35.1 Å². The van der Waals surface area contributed by atoms with Crippen molar-refractivity contribution in [1.82, 2.24) is 0 Å². The number of hydrogen-bond acceptors (Lipinski definition) is 2. The van der Waals surface area contributed by atoms with Crippen LogP contribution in [0.1, 0.15) is 29.7 Å². The first kappa shape index (κ1) is 9.91. The van der Waals surface area contributed by atoms with Gasteiger partial charge in [0.1, 0.15) is 11.3 Å². The van der Waals surface area contributed by atoms with Gasteiger partial charge in [0.05, 0.1) is 5.60 Å². The lowest BCUT2D eigenvalue weighted by atomic mass is 10.00. The van der Waals surface area contributed by atoms with Crippen LogP contribution in [0.2, 0.25) is 0 Å². The highest BCUT2D eigenvalue weighted by Crippen LogP contribution is 2.40. The van der Waals surface area contributed by atoms with Crippen LogP contribution in [0.5, 0.6) is 0 Å². The summed E-state index contributed by atoms with van der Waals surface area (Å²) in [6, 6.07) is 6.10. The fourth-order valence-electron chi connectivity index (χ4n) is 2.33. The molecule has 1 N–H and O–H groups in total. The third-order valence-corrected chi connectivity index (χ3v) is 3.63. The maximum absolute atomic E-state index is 10.0. The summed E-state index contributed by atoms with van der Waals surface area (Å²) in [4.78, 5) is 0. The van der Waals surface area contributed by atoms with Crippen LogP contribution in [0.4, 0.5) is 0 Å². The Labute approximate surface area is 94.9 Å². The summed E-state index contributed by atoms with van der Waals surface area (Å²) in [7, 11) is 0. The highest BCUT2D eigenvalue weighted by molar-refractivity contribution is 5.85. The Kier molecular flexibility index (Phi) is 1.93. The molecule has 0 atom stereocenters. The molecule has 1 aromatic carbocycles. The SMILES string of the molecule is Cc1oc2cccc(CC3(O)CC3)c2c1C. The van der Waals surface area contributed by atoms with E-state index in [1.807, 2.05) is 19.1 Å². The topological polar surface area (TPSA) is 33.4 Å². The van der Waals surface area contributed by atoms with Gasteiger partial charge in [-0.15, -0.1) is 0 Å². The Morgan fingerprint density at radius 2 is 2.06 bits per heavy atom. The van der Waals surface area contributed by atoms with Crippen molar-refractivity contribution < 1.29 is 9.52 Å². The Morgan fingerprint density at radius 3 is 2.75 bits per heavy atom. The maximum atomic E-state index is 10.0. The quantitative estimate of drug-likeness (QED) is 0.836. The number of fused-ring (bicyclic) bond motifs is 1. The molecule has 3 rings (SSSR count). The molecule has 0 bridgehead atoms. The molecule has 1 aliphatic rings. The third kappa shape index (κ3) is 1.45. The molecule has 1 saturated carbocycles. The van der Waals surface area contributed by atoms with E-state index in [0.29, 0.717) is 0 Å². The van der Waals surface area contributed by atoms with E-state index >= 15 is 0 Å². The van der Waals surface area contributed by atoms with Gasteiger partial charge in [-0.2, -0.15) is 0 Å². The Morgan fingerprint density at radius 1 is 1.31 bits per heavy atom. The van der Waals surface area contributed by atoms with Gasteiger partial charge >= 0.3 is 0 Å². The van der Waals surface area contributed by atoms with Gasteiger partial charge in [0.2, 0.25) is 0 Å². The minimum atomic E-state index is -0.439. The molecule has 84 valence electrons. The van der Waals surface area contributed by atoms with Crippen LogP contribution in [0.15, 0.2) is 22.6 Å². The lowest BCUT2D eigenvalue weighted by Crippen LogP contribution is -2.10. The van der Waals surface area contributed by atoms with Crippen LogP contribution in [0.25, 0.3) is 11.0 Å². The Bertz CT molecular complexity index is 547. The number of furan rings is 1. The summed E-state index contributed by atoms with van der Waals surface area (Å²) < 4.78 is 5.69. The average molecular weight is 216 g/mol. The molecule has 2 nitrogen and oxygen atoms in total. The van der Waals surface area contributed by atoms with Crippen LogP contribution in [0.3, 0.4) is 0 Å².